The zero-order valence-electron chi connectivity index (χ0n) is 7.21. The quantitative estimate of drug-likeness (QED) is 0.710. The van der Waals surface area contributed by atoms with Crippen LogP contribution in [-0.2, 0) is 0 Å². The van der Waals surface area contributed by atoms with Crippen molar-refractivity contribution >= 4 is 5.97 Å². The first-order valence-corrected chi connectivity index (χ1v) is 3.68. The fourth-order valence-corrected chi connectivity index (χ4v) is 0.904. The van der Waals surface area contributed by atoms with Crippen molar-refractivity contribution in [2.24, 2.45) is 0 Å². The summed E-state index contributed by atoms with van der Waals surface area (Å²) in [5.41, 5.74) is -1.01. The van der Waals surface area contributed by atoms with Gasteiger partial charge < -0.3 is 5.11 Å². The Labute approximate surface area is 83.6 Å². The maximum absolute atomic E-state index is 13.0. The molecule has 0 aliphatic carbocycles. The summed E-state index contributed by atoms with van der Waals surface area (Å²) in [6.45, 7) is 0. The van der Waals surface area contributed by atoms with Crippen molar-refractivity contribution in [2.45, 2.75) is 0 Å². The van der Waals surface area contributed by atoms with Gasteiger partial charge in [-0.1, -0.05) is 0 Å². The lowest BCUT2D eigenvalue weighted by Crippen LogP contribution is -2.02. The zero-order chi connectivity index (χ0) is 11.4. The molecule has 0 atom stereocenters. The molecule has 15 heavy (non-hydrogen) atoms. The van der Waals surface area contributed by atoms with E-state index in [1.54, 1.807) is 0 Å². The second-order valence-electron chi connectivity index (χ2n) is 2.48. The van der Waals surface area contributed by atoms with Gasteiger partial charge in [-0.15, -0.1) is 0 Å². The number of benzene rings is 1. The number of rotatable bonds is 1. The summed E-state index contributed by atoms with van der Waals surface area (Å²) in [5.74, 6) is 0.261. The van der Waals surface area contributed by atoms with E-state index in [1.165, 1.54) is 6.07 Å². The molecule has 0 fully saturated rings. The summed E-state index contributed by atoms with van der Waals surface area (Å²) >= 11 is 0. The molecule has 0 aromatic heterocycles. The van der Waals surface area contributed by atoms with Gasteiger partial charge in [0, 0.05) is 12.0 Å². The predicted molar refractivity (Wildman–Crippen MR) is 45.8 cm³/mol. The normalized spacial score (nSPS) is 8.60. The highest BCUT2D eigenvalue weighted by Crippen LogP contribution is 2.14. The summed E-state index contributed by atoms with van der Waals surface area (Å²) in [7, 11) is 0. The Bertz CT molecular complexity index is 521. The summed E-state index contributed by atoms with van der Waals surface area (Å²) in [6.07, 6.45) is 0. The third-order valence-corrected chi connectivity index (χ3v) is 1.54. The first kappa shape index (κ1) is 10.7. The summed E-state index contributed by atoms with van der Waals surface area (Å²) < 4.78 is 25.8. The molecule has 5 heteroatoms. The highest BCUT2D eigenvalue weighted by molar-refractivity contribution is 5.88. The van der Waals surface area contributed by atoms with Gasteiger partial charge in [0.1, 0.15) is 11.6 Å². The van der Waals surface area contributed by atoms with Crippen LogP contribution in [0.2, 0.25) is 0 Å². The molecule has 1 aromatic carbocycles. The average Bonchev–Trinajstić information content (AvgIpc) is 2.16. The molecule has 0 aliphatic heterocycles. The Hall–Kier alpha value is -2.40. The number of aromatic carboxylic acids is 1. The number of hydrogen-bond acceptors (Lipinski definition) is 2. The van der Waals surface area contributed by atoms with Gasteiger partial charge in [-0.05, 0) is 12.0 Å². The van der Waals surface area contributed by atoms with E-state index in [0.29, 0.717) is 6.07 Å². The molecule has 1 N–H and O–H groups in total. The number of halogens is 2. The Kier molecular flexibility index (Phi) is 3.00. The minimum Gasteiger partial charge on any atom is -0.478 e. The highest BCUT2D eigenvalue weighted by Gasteiger charge is 2.13. The Morgan fingerprint density at radius 2 is 2.00 bits per heavy atom. The average molecular weight is 207 g/mol. The molecule has 0 bridgehead atoms. The van der Waals surface area contributed by atoms with Gasteiger partial charge in [-0.2, -0.15) is 5.26 Å². The third kappa shape index (κ3) is 2.29. The van der Waals surface area contributed by atoms with Crippen LogP contribution >= 0.6 is 0 Å². The van der Waals surface area contributed by atoms with Gasteiger partial charge in [-0.25, -0.2) is 13.6 Å². The molecular weight excluding hydrogens is 204 g/mol. The van der Waals surface area contributed by atoms with Crippen molar-refractivity contribution in [3.05, 3.63) is 34.9 Å². The number of carbonyl (C=O) groups is 1. The van der Waals surface area contributed by atoms with E-state index in [2.05, 4.69) is 5.92 Å². The molecular formula is C10H3F2NO2. The number of carboxylic acid groups (broad SMARTS) is 1. The number of hydrogen-bond donors (Lipinski definition) is 1. The molecule has 1 aromatic rings. The first-order valence-electron chi connectivity index (χ1n) is 3.68. The molecule has 1 rings (SSSR count). The van der Waals surface area contributed by atoms with Gasteiger partial charge in [0.25, 0.3) is 0 Å². The fourth-order valence-electron chi connectivity index (χ4n) is 0.904. The summed E-state index contributed by atoms with van der Waals surface area (Å²) in [4.78, 5) is 10.5. The molecule has 0 radical (unpaired) electrons. The second-order valence-corrected chi connectivity index (χ2v) is 2.48. The third-order valence-electron chi connectivity index (χ3n) is 1.54. The monoisotopic (exact) mass is 207 g/mol. The summed E-state index contributed by atoms with van der Waals surface area (Å²) in [6, 6.07) is 2.61. The maximum Gasteiger partial charge on any atom is 0.338 e. The van der Waals surface area contributed by atoms with Crippen molar-refractivity contribution in [3.8, 4) is 17.9 Å². The Balaban J connectivity index is 3.37. The molecule has 0 amide bonds. The molecule has 0 heterocycles. The van der Waals surface area contributed by atoms with Gasteiger partial charge in [0.2, 0.25) is 0 Å². The van der Waals surface area contributed by atoms with E-state index in [0.717, 1.165) is 6.07 Å². The smallest absolute Gasteiger partial charge is 0.338 e. The minimum atomic E-state index is -1.52. The largest absolute Gasteiger partial charge is 0.478 e. The molecule has 0 unspecified atom stereocenters. The predicted octanol–water partition coefficient (Wildman–Crippen LogP) is 1.54. The van der Waals surface area contributed by atoms with Crippen LogP contribution in [0.1, 0.15) is 15.9 Å². The molecule has 0 spiro atoms. The maximum atomic E-state index is 13.0. The lowest BCUT2D eigenvalue weighted by Gasteiger charge is -1.99. The van der Waals surface area contributed by atoms with Crippen LogP contribution in [0.3, 0.4) is 0 Å². The lowest BCUT2D eigenvalue weighted by atomic mass is 10.1. The van der Waals surface area contributed by atoms with Crippen LogP contribution in [-0.4, -0.2) is 11.1 Å². The van der Waals surface area contributed by atoms with Gasteiger partial charge in [0.05, 0.1) is 11.1 Å². The Morgan fingerprint density at radius 3 is 2.53 bits per heavy atom. The van der Waals surface area contributed by atoms with E-state index >= 15 is 0 Å². The van der Waals surface area contributed by atoms with Crippen molar-refractivity contribution in [1.82, 2.24) is 0 Å². The molecule has 0 aliphatic rings. The van der Waals surface area contributed by atoms with Crippen LogP contribution in [0, 0.1) is 34.8 Å². The van der Waals surface area contributed by atoms with E-state index in [-0.39, 0.29) is 5.56 Å². The topological polar surface area (TPSA) is 61.1 Å². The van der Waals surface area contributed by atoms with Crippen molar-refractivity contribution in [3.63, 3.8) is 0 Å². The van der Waals surface area contributed by atoms with E-state index in [9.17, 15) is 13.6 Å². The van der Waals surface area contributed by atoms with E-state index in [4.69, 9.17) is 10.4 Å². The standard InChI is InChI=1S/C10H3F2NO2/c11-8-5-9(12)7(10(14)15)4-6(8)2-1-3-13/h4-5H,(H,14,15). The van der Waals surface area contributed by atoms with Crippen LogP contribution < -0.4 is 0 Å². The SMILES string of the molecule is N#CC#Cc1cc(C(=O)O)c(F)cc1F. The summed E-state index contributed by atoms with van der Waals surface area (Å²) in [5, 5.41) is 16.6. The Morgan fingerprint density at radius 1 is 1.33 bits per heavy atom. The fraction of sp³-hybridized carbons (Fsp3) is 0. The zero-order valence-corrected chi connectivity index (χ0v) is 7.21. The minimum absolute atomic E-state index is 0.324. The lowest BCUT2D eigenvalue weighted by molar-refractivity contribution is 0.0691. The van der Waals surface area contributed by atoms with Crippen molar-refractivity contribution in [1.29, 1.82) is 5.26 Å². The number of nitriles is 1. The number of carboxylic acids is 1. The first-order chi connectivity index (χ1) is 7.06. The highest BCUT2D eigenvalue weighted by atomic mass is 19.1. The van der Waals surface area contributed by atoms with E-state index in [1.807, 2.05) is 5.92 Å². The van der Waals surface area contributed by atoms with E-state index < -0.39 is 23.2 Å². The van der Waals surface area contributed by atoms with Gasteiger partial charge >= 0.3 is 5.97 Å². The molecule has 3 nitrogen and oxygen atoms in total. The molecule has 0 saturated heterocycles. The van der Waals surface area contributed by atoms with Crippen LogP contribution in [0.5, 0.6) is 0 Å². The van der Waals surface area contributed by atoms with Gasteiger partial charge in [0.15, 0.2) is 6.07 Å². The van der Waals surface area contributed by atoms with Crippen LogP contribution in [0.15, 0.2) is 12.1 Å². The second kappa shape index (κ2) is 4.21. The van der Waals surface area contributed by atoms with Crippen molar-refractivity contribution in [2.75, 3.05) is 0 Å². The number of nitrogens with zero attached hydrogens (tertiary/aromatic N) is 1. The van der Waals surface area contributed by atoms with Crippen LogP contribution in [0.25, 0.3) is 0 Å². The molecule has 0 saturated carbocycles. The van der Waals surface area contributed by atoms with Crippen LogP contribution in [0.4, 0.5) is 8.78 Å². The molecule has 74 valence electrons. The van der Waals surface area contributed by atoms with Crippen molar-refractivity contribution < 1.29 is 18.7 Å². The van der Waals surface area contributed by atoms with Gasteiger partial charge in [-0.3, -0.25) is 0 Å².